The zero-order valence-electron chi connectivity index (χ0n) is 22.6. The molecule has 0 spiro atoms. The van der Waals surface area contributed by atoms with E-state index in [1.807, 2.05) is 37.3 Å². The first-order valence-electron chi connectivity index (χ1n) is 12.4. The number of ether oxygens (including phenoxy) is 3. The summed E-state index contributed by atoms with van der Waals surface area (Å²) in [5, 5.41) is 11.4. The van der Waals surface area contributed by atoms with Crippen LogP contribution in [-0.2, 0) is 5.41 Å². The van der Waals surface area contributed by atoms with Crippen LogP contribution in [0, 0.1) is 6.92 Å². The molecule has 0 saturated carbocycles. The molecule has 1 atom stereocenters. The van der Waals surface area contributed by atoms with Crippen molar-refractivity contribution in [2.45, 2.75) is 72.3 Å². The van der Waals surface area contributed by atoms with Crippen molar-refractivity contribution in [3.05, 3.63) is 53.2 Å². The van der Waals surface area contributed by atoms with Crippen LogP contribution in [-0.4, -0.2) is 41.2 Å². The van der Waals surface area contributed by atoms with Crippen LogP contribution in [0.2, 0.25) is 0 Å². The molecule has 1 heterocycles. The van der Waals surface area contributed by atoms with Crippen molar-refractivity contribution < 1.29 is 19.0 Å². The number of nitrogens with one attached hydrogen (secondary N) is 1. The van der Waals surface area contributed by atoms with E-state index in [1.165, 1.54) is 0 Å². The molecule has 2 aromatic carbocycles. The molecule has 0 aliphatic rings. The first-order chi connectivity index (χ1) is 17.1. The Balaban J connectivity index is 1.97. The standard InChI is InChI=1S/C28H38N4O4/c1-9-11-20(10-2)36-24-14-12-19(28(4,5)6)16-22(24)27(33)29-26-18(3)32(31-30-26)23-17-21(34-7)13-15-25(23)35-8/h12-17,20H,9-11H2,1-8H3,(H,29,33). The lowest BCUT2D eigenvalue weighted by Gasteiger charge is -2.23. The van der Waals surface area contributed by atoms with Crippen LogP contribution in [0.25, 0.3) is 5.69 Å². The third kappa shape index (κ3) is 5.98. The zero-order chi connectivity index (χ0) is 26.5. The maximum absolute atomic E-state index is 13.6. The van der Waals surface area contributed by atoms with Crippen molar-refractivity contribution in [3.63, 3.8) is 0 Å². The quantitative estimate of drug-likeness (QED) is 0.366. The number of benzene rings is 2. The average Bonchev–Trinajstić information content (AvgIpc) is 3.22. The highest BCUT2D eigenvalue weighted by Crippen LogP contribution is 2.32. The van der Waals surface area contributed by atoms with Gasteiger partial charge in [0, 0.05) is 6.07 Å². The van der Waals surface area contributed by atoms with Gasteiger partial charge in [-0.1, -0.05) is 52.3 Å². The van der Waals surface area contributed by atoms with Gasteiger partial charge in [0.05, 0.1) is 31.6 Å². The van der Waals surface area contributed by atoms with Crippen LogP contribution < -0.4 is 19.5 Å². The number of rotatable bonds is 10. The lowest BCUT2D eigenvalue weighted by molar-refractivity contribution is 0.101. The highest BCUT2D eigenvalue weighted by atomic mass is 16.5. The number of hydrogen-bond donors (Lipinski definition) is 1. The summed E-state index contributed by atoms with van der Waals surface area (Å²) in [5.41, 5.74) is 2.71. The van der Waals surface area contributed by atoms with E-state index in [0.29, 0.717) is 40.0 Å². The van der Waals surface area contributed by atoms with E-state index in [9.17, 15) is 4.79 Å². The lowest BCUT2D eigenvalue weighted by atomic mass is 9.86. The lowest BCUT2D eigenvalue weighted by Crippen LogP contribution is -2.21. The number of carbonyl (C=O) groups is 1. The van der Waals surface area contributed by atoms with Crippen molar-refractivity contribution >= 4 is 11.7 Å². The van der Waals surface area contributed by atoms with Crippen LogP contribution in [0.1, 0.15) is 75.5 Å². The number of hydrogen-bond acceptors (Lipinski definition) is 6. The molecule has 0 saturated heterocycles. The molecule has 3 aromatic rings. The number of carbonyl (C=O) groups excluding carboxylic acids is 1. The number of nitrogens with zero attached hydrogens (tertiary/aromatic N) is 3. The Morgan fingerprint density at radius 3 is 2.39 bits per heavy atom. The summed E-state index contributed by atoms with van der Waals surface area (Å²) in [6, 6.07) is 11.3. The van der Waals surface area contributed by atoms with Crippen molar-refractivity contribution in [2.75, 3.05) is 19.5 Å². The Labute approximate surface area is 214 Å². The van der Waals surface area contributed by atoms with E-state index < -0.39 is 0 Å². The van der Waals surface area contributed by atoms with Gasteiger partial charge >= 0.3 is 0 Å². The Morgan fingerprint density at radius 2 is 1.78 bits per heavy atom. The highest BCUT2D eigenvalue weighted by Gasteiger charge is 2.23. The minimum atomic E-state index is -0.296. The Hall–Kier alpha value is -3.55. The predicted octanol–water partition coefficient (Wildman–Crippen LogP) is 6.10. The smallest absolute Gasteiger partial charge is 0.260 e. The van der Waals surface area contributed by atoms with E-state index in [-0.39, 0.29) is 17.4 Å². The molecule has 8 nitrogen and oxygen atoms in total. The van der Waals surface area contributed by atoms with Gasteiger partial charge < -0.3 is 19.5 Å². The van der Waals surface area contributed by atoms with Gasteiger partial charge in [-0.25, -0.2) is 4.68 Å². The molecule has 1 aromatic heterocycles. The molecule has 0 fully saturated rings. The minimum absolute atomic E-state index is 0.0465. The van der Waals surface area contributed by atoms with Crippen molar-refractivity contribution in [1.82, 2.24) is 15.0 Å². The SMILES string of the molecule is CCCC(CC)Oc1ccc(C(C)(C)C)cc1C(=O)Nc1nnn(-c2cc(OC)ccc2OC)c1C. The van der Waals surface area contributed by atoms with Gasteiger partial charge in [-0.15, -0.1) is 5.10 Å². The minimum Gasteiger partial charge on any atom is -0.497 e. The molecule has 1 amide bonds. The number of anilines is 1. The fourth-order valence-electron chi connectivity index (χ4n) is 3.94. The second-order valence-electron chi connectivity index (χ2n) is 9.82. The molecule has 0 aliphatic heterocycles. The second-order valence-corrected chi connectivity index (χ2v) is 9.82. The molecule has 194 valence electrons. The fourth-order valence-corrected chi connectivity index (χ4v) is 3.94. The predicted molar refractivity (Wildman–Crippen MR) is 142 cm³/mol. The van der Waals surface area contributed by atoms with Crippen LogP contribution in [0.3, 0.4) is 0 Å². The largest absolute Gasteiger partial charge is 0.497 e. The van der Waals surface area contributed by atoms with E-state index in [0.717, 1.165) is 24.8 Å². The van der Waals surface area contributed by atoms with Gasteiger partial charge in [0.15, 0.2) is 5.82 Å². The van der Waals surface area contributed by atoms with Gasteiger partial charge in [0.25, 0.3) is 5.91 Å². The van der Waals surface area contributed by atoms with Crippen LogP contribution in [0.4, 0.5) is 5.82 Å². The molecule has 1 N–H and O–H groups in total. The molecule has 0 radical (unpaired) electrons. The molecular weight excluding hydrogens is 456 g/mol. The topological polar surface area (TPSA) is 87.5 Å². The van der Waals surface area contributed by atoms with Crippen molar-refractivity contribution in [1.29, 1.82) is 0 Å². The van der Waals surface area contributed by atoms with Gasteiger partial charge in [-0.3, -0.25) is 4.79 Å². The van der Waals surface area contributed by atoms with E-state index in [2.05, 4.69) is 50.2 Å². The third-order valence-electron chi connectivity index (χ3n) is 6.19. The zero-order valence-corrected chi connectivity index (χ0v) is 22.6. The summed E-state index contributed by atoms with van der Waals surface area (Å²) in [6.07, 6.45) is 2.85. The summed E-state index contributed by atoms with van der Waals surface area (Å²) in [5.74, 6) is 1.90. The molecule has 3 rings (SSSR count). The van der Waals surface area contributed by atoms with Crippen LogP contribution >= 0.6 is 0 Å². The van der Waals surface area contributed by atoms with Crippen LogP contribution in [0.5, 0.6) is 17.2 Å². The monoisotopic (exact) mass is 494 g/mol. The summed E-state index contributed by atoms with van der Waals surface area (Å²) in [6.45, 7) is 12.4. The molecular formula is C28H38N4O4. The first kappa shape index (κ1) is 27.0. The number of aromatic nitrogens is 3. The molecule has 8 heteroatoms. The molecule has 0 bridgehead atoms. The summed E-state index contributed by atoms with van der Waals surface area (Å²) in [7, 11) is 3.19. The van der Waals surface area contributed by atoms with Crippen LogP contribution in [0.15, 0.2) is 36.4 Å². The molecule has 36 heavy (non-hydrogen) atoms. The van der Waals surface area contributed by atoms with Crippen molar-refractivity contribution in [3.8, 4) is 22.9 Å². The average molecular weight is 495 g/mol. The van der Waals surface area contributed by atoms with Gasteiger partial charge in [-0.2, -0.15) is 0 Å². The molecule has 1 unspecified atom stereocenters. The van der Waals surface area contributed by atoms with Crippen molar-refractivity contribution in [2.24, 2.45) is 0 Å². The maximum Gasteiger partial charge on any atom is 0.260 e. The summed E-state index contributed by atoms with van der Waals surface area (Å²) in [4.78, 5) is 13.6. The normalized spacial score (nSPS) is 12.2. The van der Waals surface area contributed by atoms with E-state index >= 15 is 0 Å². The number of amides is 1. The maximum atomic E-state index is 13.6. The Bertz CT molecular complexity index is 1200. The third-order valence-corrected chi connectivity index (χ3v) is 6.19. The Kier molecular flexibility index (Phi) is 8.61. The summed E-state index contributed by atoms with van der Waals surface area (Å²) < 4.78 is 18.8. The first-order valence-corrected chi connectivity index (χ1v) is 12.4. The van der Waals surface area contributed by atoms with Gasteiger partial charge in [0.2, 0.25) is 0 Å². The van der Waals surface area contributed by atoms with Gasteiger partial charge in [-0.05, 0) is 55.0 Å². The molecule has 0 aliphatic carbocycles. The fraction of sp³-hybridized carbons (Fsp3) is 0.464. The number of methoxy groups -OCH3 is 2. The van der Waals surface area contributed by atoms with E-state index in [4.69, 9.17) is 14.2 Å². The highest BCUT2D eigenvalue weighted by molar-refractivity contribution is 6.06. The van der Waals surface area contributed by atoms with Gasteiger partial charge in [0.1, 0.15) is 22.9 Å². The van der Waals surface area contributed by atoms with E-state index in [1.54, 1.807) is 25.0 Å². The Morgan fingerprint density at radius 1 is 1.06 bits per heavy atom. The summed E-state index contributed by atoms with van der Waals surface area (Å²) >= 11 is 0. The second kappa shape index (κ2) is 11.5.